The lowest BCUT2D eigenvalue weighted by molar-refractivity contribution is -0.386. The maximum atomic E-state index is 10.7. The van der Waals surface area contributed by atoms with Crippen LogP contribution in [0.1, 0.15) is 17.5 Å². The van der Waals surface area contributed by atoms with Gasteiger partial charge in [0.05, 0.1) is 31.3 Å². The van der Waals surface area contributed by atoms with E-state index in [0.29, 0.717) is 10.0 Å². The van der Waals surface area contributed by atoms with Crippen molar-refractivity contribution >= 4 is 39.2 Å². The lowest BCUT2D eigenvalue weighted by atomic mass is 10.1. The molecular formula is C30H29BrN8O5. The van der Waals surface area contributed by atoms with Crippen molar-refractivity contribution in [2.75, 3.05) is 5.73 Å². The highest BCUT2D eigenvalue weighted by molar-refractivity contribution is 9.10. The summed E-state index contributed by atoms with van der Waals surface area (Å²) in [5.74, 6) is -0.336. The average molecular weight is 662 g/mol. The highest BCUT2D eigenvalue weighted by Gasteiger charge is 2.15. The number of rotatable bonds is 4. The highest BCUT2D eigenvalue weighted by Crippen LogP contribution is 2.32. The van der Waals surface area contributed by atoms with Gasteiger partial charge in [-0.25, -0.2) is 9.36 Å². The number of nitro benzene ring substituents is 2. The van der Waals surface area contributed by atoms with Crippen molar-refractivity contribution in [1.82, 2.24) is 19.6 Å². The van der Waals surface area contributed by atoms with Gasteiger partial charge >= 0.3 is 5.69 Å². The molecule has 13 nitrogen and oxygen atoms in total. The summed E-state index contributed by atoms with van der Waals surface area (Å²) < 4.78 is 3.75. The van der Waals surface area contributed by atoms with Crippen LogP contribution < -0.4 is 5.73 Å². The Morgan fingerprint density at radius 1 is 0.818 bits per heavy atom. The van der Waals surface area contributed by atoms with Gasteiger partial charge in [-0.05, 0) is 71.7 Å². The van der Waals surface area contributed by atoms with Crippen molar-refractivity contribution in [3.8, 4) is 17.1 Å². The first kappa shape index (κ1) is 32.9. The number of para-hydroxylation sites is 1. The zero-order valence-electron chi connectivity index (χ0n) is 23.8. The number of hydrogen-bond acceptors (Lipinski definition) is 9. The molecular weight excluding hydrogens is 632 g/mol. The second kappa shape index (κ2) is 16.1. The van der Waals surface area contributed by atoms with Gasteiger partial charge in [-0.1, -0.05) is 24.3 Å². The van der Waals surface area contributed by atoms with E-state index in [0.717, 1.165) is 29.0 Å². The van der Waals surface area contributed by atoms with E-state index in [9.17, 15) is 20.2 Å². The number of aliphatic imine (C=N–C) groups is 1. The zero-order chi connectivity index (χ0) is 32.1. The van der Waals surface area contributed by atoms with E-state index in [1.807, 2.05) is 54.4 Å². The second-order valence-electron chi connectivity index (χ2n) is 8.89. The average Bonchev–Trinajstić information content (AvgIpc) is 3.82. The molecule has 1 aliphatic rings. The van der Waals surface area contributed by atoms with Crippen molar-refractivity contribution in [1.29, 1.82) is 0 Å². The normalized spacial score (nSPS) is 10.9. The van der Waals surface area contributed by atoms with Crippen molar-refractivity contribution in [2.24, 2.45) is 4.99 Å². The number of nitrogen functional groups attached to an aromatic ring is 1. The Bertz CT molecular complexity index is 1740. The van der Waals surface area contributed by atoms with Gasteiger partial charge in [0.1, 0.15) is 0 Å². The summed E-state index contributed by atoms with van der Waals surface area (Å²) in [6, 6.07) is 18.7. The molecule has 0 aliphatic carbocycles. The number of halogens is 1. The first-order valence-corrected chi connectivity index (χ1v) is 13.8. The molecule has 0 bridgehead atoms. The minimum Gasteiger partial charge on any atom is -0.501 e. The summed E-state index contributed by atoms with van der Waals surface area (Å²) >= 11 is 2.96. The Kier molecular flexibility index (Phi) is 12.0. The Morgan fingerprint density at radius 3 is 1.82 bits per heavy atom. The summed E-state index contributed by atoms with van der Waals surface area (Å²) in [7, 11) is 0. The van der Waals surface area contributed by atoms with Crippen molar-refractivity contribution in [3.05, 3.63) is 140 Å². The molecule has 3 heterocycles. The van der Waals surface area contributed by atoms with Gasteiger partial charge < -0.3 is 10.8 Å². The van der Waals surface area contributed by atoms with Gasteiger partial charge in [0.2, 0.25) is 5.75 Å². The minimum absolute atomic E-state index is 0.114. The molecule has 0 saturated heterocycles. The largest absolute Gasteiger partial charge is 0.501 e. The highest BCUT2D eigenvalue weighted by atomic mass is 79.9. The maximum Gasteiger partial charge on any atom is 0.311 e. The third-order valence-corrected chi connectivity index (χ3v) is 6.66. The molecule has 226 valence electrons. The summed E-state index contributed by atoms with van der Waals surface area (Å²) in [5.41, 5.74) is 9.85. The molecule has 1 aliphatic heterocycles. The fourth-order valence-electron chi connectivity index (χ4n) is 3.72. The van der Waals surface area contributed by atoms with Crippen molar-refractivity contribution in [2.45, 2.75) is 20.3 Å². The molecule has 0 unspecified atom stereocenters. The Balaban J connectivity index is 0.000000168. The van der Waals surface area contributed by atoms with E-state index < -0.39 is 4.92 Å². The predicted molar refractivity (Wildman–Crippen MR) is 172 cm³/mol. The van der Waals surface area contributed by atoms with Gasteiger partial charge in [0.15, 0.2) is 0 Å². The van der Waals surface area contributed by atoms with Crippen LogP contribution in [-0.4, -0.2) is 40.7 Å². The first-order chi connectivity index (χ1) is 21.1. The fraction of sp³-hybridized carbons (Fsp3) is 0.100. The topological polar surface area (TPSA) is 181 Å². The van der Waals surface area contributed by atoms with Crippen LogP contribution in [0.2, 0.25) is 0 Å². The number of phenols is 1. The number of nitro groups is 2. The van der Waals surface area contributed by atoms with Gasteiger partial charge in [0.25, 0.3) is 5.69 Å². The van der Waals surface area contributed by atoms with Gasteiger partial charge in [0, 0.05) is 61.4 Å². The van der Waals surface area contributed by atoms with Crippen LogP contribution in [0.5, 0.6) is 5.75 Å². The molecule has 0 radical (unpaired) electrons. The van der Waals surface area contributed by atoms with Crippen LogP contribution in [0, 0.1) is 34.1 Å². The van der Waals surface area contributed by atoms with Crippen LogP contribution in [0.3, 0.4) is 0 Å². The molecule has 2 aromatic heterocycles. The molecule has 0 saturated carbocycles. The van der Waals surface area contributed by atoms with E-state index in [4.69, 9.17) is 10.8 Å². The summed E-state index contributed by atoms with van der Waals surface area (Å²) in [5, 5.41) is 38.2. The van der Waals surface area contributed by atoms with Gasteiger partial charge in [-0.3, -0.25) is 25.2 Å². The summed E-state index contributed by atoms with van der Waals surface area (Å²) in [6.07, 6.45) is 13.8. The number of allylic oxidation sites excluding steroid dienone is 1. The standard InChI is InChI=1S/C10H9N3O2.C10H11N3.C6H4BrNO3.C4H5N/c1-8-9(12-7-3-6-11-12)4-2-5-10(8)13(14)15;1-8-9(11)4-2-5-10(8)13-7-3-6-12-13;7-4-2-1-3-5(6(4)9)8(10)11;1-2-4-5-3-1/h2-7H,1H3;2-7H,11H2,1H3;1-3,9H;1,3-4H,2H2. The third kappa shape index (κ3) is 8.93. The van der Waals surface area contributed by atoms with Crippen LogP contribution in [0.15, 0.2) is 113 Å². The Morgan fingerprint density at radius 2 is 1.36 bits per heavy atom. The van der Waals surface area contributed by atoms with Gasteiger partial charge in [-0.2, -0.15) is 10.2 Å². The van der Waals surface area contributed by atoms with Crippen LogP contribution >= 0.6 is 15.9 Å². The zero-order valence-corrected chi connectivity index (χ0v) is 25.4. The molecule has 0 atom stereocenters. The van der Waals surface area contributed by atoms with Crippen molar-refractivity contribution < 1.29 is 15.0 Å². The minimum atomic E-state index is -0.639. The number of nitrogens with zero attached hydrogens (tertiary/aromatic N) is 7. The monoisotopic (exact) mass is 660 g/mol. The molecule has 6 rings (SSSR count). The van der Waals surface area contributed by atoms with E-state index in [2.05, 4.69) is 31.1 Å². The molecule has 3 N–H and O–H groups in total. The molecule has 0 fully saturated rings. The summed E-state index contributed by atoms with van der Waals surface area (Å²) in [6.45, 7) is 3.71. The number of nitrogens with two attached hydrogens (primary N) is 1. The second-order valence-corrected chi connectivity index (χ2v) is 9.74. The predicted octanol–water partition coefficient (Wildman–Crippen LogP) is 6.89. The number of anilines is 1. The van der Waals surface area contributed by atoms with E-state index >= 15 is 0 Å². The number of aromatic hydroxyl groups is 1. The van der Waals surface area contributed by atoms with Crippen LogP contribution in [0.25, 0.3) is 11.4 Å². The molecule has 44 heavy (non-hydrogen) atoms. The van der Waals surface area contributed by atoms with Crippen LogP contribution in [-0.2, 0) is 0 Å². The molecule has 3 aromatic carbocycles. The third-order valence-electron chi connectivity index (χ3n) is 6.02. The van der Waals surface area contributed by atoms with Crippen LogP contribution in [0.4, 0.5) is 17.1 Å². The van der Waals surface area contributed by atoms with Gasteiger partial charge in [-0.15, -0.1) is 0 Å². The SMILES string of the molecule is C1=CN=CC1.Cc1c(-n2cccn2)cccc1[N+](=O)[O-].Cc1c(N)cccc1-n1cccn1.O=[N+]([O-])c1cccc(Br)c1O. The van der Waals surface area contributed by atoms with E-state index in [-0.39, 0.29) is 22.0 Å². The molecule has 0 amide bonds. The Labute approximate surface area is 261 Å². The molecule has 14 heteroatoms. The number of benzene rings is 3. The number of hydrogen-bond donors (Lipinski definition) is 2. The quantitative estimate of drug-likeness (QED) is 0.119. The molecule has 5 aromatic rings. The number of phenolic OH excluding ortho intramolecular Hbond substituents is 1. The Hall–Kier alpha value is -5.63. The lowest BCUT2D eigenvalue weighted by Gasteiger charge is -2.07. The first-order valence-electron chi connectivity index (χ1n) is 13.0. The van der Waals surface area contributed by atoms with E-state index in [1.165, 1.54) is 24.3 Å². The fourth-order valence-corrected chi connectivity index (χ4v) is 4.08. The molecule has 0 spiro atoms. The van der Waals surface area contributed by atoms with E-state index in [1.54, 1.807) is 54.6 Å². The maximum absolute atomic E-state index is 10.7. The smallest absolute Gasteiger partial charge is 0.311 e. The summed E-state index contributed by atoms with van der Waals surface area (Å²) in [4.78, 5) is 23.7. The lowest BCUT2D eigenvalue weighted by Crippen LogP contribution is -2.00. The number of aromatic nitrogens is 4. The van der Waals surface area contributed by atoms with Crippen molar-refractivity contribution in [3.63, 3.8) is 0 Å².